The Kier molecular flexibility index (Phi) is 7.28. The summed E-state index contributed by atoms with van der Waals surface area (Å²) in [5.74, 6) is 1.92. The van der Waals surface area contributed by atoms with E-state index in [1.54, 1.807) is 0 Å². The summed E-state index contributed by atoms with van der Waals surface area (Å²) in [5.41, 5.74) is 4.62. The molecule has 0 fully saturated rings. The van der Waals surface area contributed by atoms with Gasteiger partial charge in [-0.1, -0.05) is 25.1 Å². The molecule has 1 N–H and O–H groups in total. The van der Waals surface area contributed by atoms with Crippen LogP contribution in [0.2, 0.25) is 0 Å². The molecule has 3 aromatic rings. The van der Waals surface area contributed by atoms with Gasteiger partial charge in [-0.2, -0.15) is 0 Å². The molecule has 5 nitrogen and oxygen atoms in total. The van der Waals surface area contributed by atoms with Gasteiger partial charge in [-0.3, -0.25) is 4.79 Å². The summed E-state index contributed by atoms with van der Waals surface area (Å²) < 4.78 is 8.12. The number of nitrogens with zero attached hydrogens (tertiary/aromatic N) is 2. The summed E-state index contributed by atoms with van der Waals surface area (Å²) in [6, 6.07) is 14.4. The fourth-order valence-electron chi connectivity index (χ4n) is 3.37. The zero-order valence-electron chi connectivity index (χ0n) is 17.7. The number of nitrogens with one attached hydrogen (secondary N) is 1. The van der Waals surface area contributed by atoms with Crippen LogP contribution < -0.4 is 10.1 Å². The van der Waals surface area contributed by atoms with Crippen LogP contribution in [0.1, 0.15) is 49.6 Å². The Bertz CT molecular complexity index is 962. The maximum atomic E-state index is 11.9. The van der Waals surface area contributed by atoms with Crippen LogP contribution in [-0.2, 0) is 17.9 Å². The summed E-state index contributed by atoms with van der Waals surface area (Å²) in [7, 11) is 0. The number of fused-ring (bicyclic) bond motifs is 1. The monoisotopic (exact) mass is 393 g/mol. The number of rotatable bonds is 10. The van der Waals surface area contributed by atoms with Crippen molar-refractivity contribution in [2.24, 2.45) is 0 Å². The highest BCUT2D eigenvalue weighted by Gasteiger charge is 2.11. The van der Waals surface area contributed by atoms with E-state index in [0.29, 0.717) is 19.6 Å². The first-order valence-corrected chi connectivity index (χ1v) is 10.5. The Labute approximate surface area is 173 Å². The van der Waals surface area contributed by atoms with Crippen molar-refractivity contribution in [2.45, 2.75) is 59.5 Å². The molecular weight excluding hydrogens is 362 g/mol. The average Bonchev–Trinajstić information content (AvgIpc) is 3.07. The van der Waals surface area contributed by atoms with Gasteiger partial charge in [0, 0.05) is 13.0 Å². The molecule has 1 heterocycles. The molecule has 0 aliphatic heterocycles. The van der Waals surface area contributed by atoms with E-state index in [2.05, 4.69) is 41.9 Å². The smallest absolute Gasteiger partial charge is 0.220 e. The first-order valence-electron chi connectivity index (χ1n) is 10.5. The lowest BCUT2D eigenvalue weighted by molar-refractivity contribution is -0.121. The van der Waals surface area contributed by atoms with Crippen molar-refractivity contribution in [3.05, 3.63) is 59.4 Å². The zero-order valence-corrected chi connectivity index (χ0v) is 17.7. The quantitative estimate of drug-likeness (QED) is 0.497. The SMILES string of the molecule is CCCC(=O)NCc1nc2ccccc2n1CCCCOc1ccc(C)c(C)c1. The van der Waals surface area contributed by atoms with Gasteiger partial charge in [0.25, 0.3) is 0 Å². The molecule has 0 spiro atoms. The number of imidazole rings is 1. The number of hydrogen-bond donors (Lipinski definition) is 1. The molecule has 0 aliphatic rings. The summed E-state index contributed by atoms with van der Waals surface area (Å²) >= 11 is 0. The van der Waals surface area contributed by atoms with Gasteiger partial charge in [0.15, 0.2) is 0 Å². The number of amides is 1. The van der Waals surface area contributed by atoms with Crippen LogP contribution in [0.15, 0.2) is 42.5 Å². The largest absolute Gasteiger partial charge is 0.494 e. The van der Waals surface area contributed by atoms with E-state index in [0.717, 1.165) is 48.4 Å². The lowest BCUT2D eigenvalue weighted by atomic mass is 10.1. The third kappa shape index (κ3) is 5.59. The number of hydrogen-bond acceptors (Lipinski definition) is 3. The Morgan fingerprint density at radius 2 is 1.93 bits per heavy atom. The van der Waals surface area contributed by atoms with Gasteiger partial charge in [-0.25, -0.2) is 4.98 Å². The van der Waals surface area contributed by atoms with Gasteiger partial charge in [0.2, 0.25) is 5.91 Å². The second-order valence-corrected chi connectivity index (χ2v) is 7.50. The molecule has 0 atom stereocenters. The Morgan fingerprint density at radius 1 is 1.10 bits per heavy atom. The second-order valence-electron chi connectivity index (χ2n) is 7.50. The number of aryl methyl sites for hydroxylation is 3. The summed E-state index contributed by atoms with van der Waals surface area (Å²) in [4.78, 5) is 16.6. The van der Waals surface area contributed by atoms with E-state index in [1.165, 1.54) is 11.1 Å². The Hall–Kier alpha value is -2.82. The van der Waals surface area contributed by atoms with Crippen LogP contribution in [0.5, 0.6) is 5.75 Å². The lowest BCUT2D eigenvalue weighted by Crippen LogP contribution is -2.24. The topological polar surface area (TPSA) is 56.2 Å². The molecule has 0 saturated heterocycles. The molecule has 154 valence electrons. The first-order chi connectivity index (χ1) is 14.1. The van der Waals surface area contributed by atoms with E-state index < -0.39 is 0 Å². The van der Waals surface area contributed by atoms with E-state index in [4.69, 9.17) is 9.72 Å². The van der Waals surface area contributed by atoms with Crippen LogP contribution in [0.3, 0.4) is 0 Å². The predicted molar refractivity (Wildman–Crippen MR) is 117 cm³/mol. The molecule has 0 bridgehead atoms. The Morgan fingerprint density at radius 3 is 2.72 bits per heavy atom. The van der Waals surface area contributed by atoms with Gasteiger partial charge in [0.05, 0.1) is 24.2 Å². The number of carbonyl (C=O) groups is 1. The molecule has 0 unspecified atom stereocenters. The third-order valence-corrected chi connectivity index (χ3v) is 5.18. The highest BCUT2D eigenvalue weighted by atomic mass is 16.5. The van der Waals surface area contributed by atoms with Gasteiger partial charge >= 0.3 is 0 Å². The second kappa shape index (κ2) is 10.1. The van der Waals surface area contributed by atoms with Crippen molar-refractivity contribution < 1.29 is 9.53 Å². The van der Waals surface area contributed by atoms with Crippen molar-refractivity contribution >= 4 is 16.9 Å². The van der Waals surface area contributed by atoms with Crippen LogP contribution in [0.4, 0.5) is 0 Å². The van der Waals surface area contributed by atoms with Gasteiger partial charge < -0.3 is 14.6 Å². The lowest BCUT2D eigenvalue weighted by Gasteiger charge is -2.11. The molecule has 29 heavy (non-hydrogen) atoms. The number of aromatic nitrogens is 2. The fourth-order valence-corrected chi connectivity index (χ4v) is 3.37. The minimum atomic E-state index is 0.0768. The predicted octanol–water partition coefficient (Wildman–Crippen LogP) is 4.93. The minimum absolute atomic E-state index is 0.0768. The number of unbranched alkanes of at least 4 members (excludes halogenated alkanes) is 1. The number of carbonyl (C=O) groups excluding carboxylic acids is 1. The fraction of sp³-hybridized carbons (Fsp3) is 0.417. The molecule has 1 aromatic heterocycles. The minimum Gasteiger partial charge on any atom is -0.494 e. The van der Waals surface area contributed by atoms with E-state index in [1.807, 2.05) is 31.2 Å². The molecule has 5 heteroatoms. The summed E-state index contributed by atoms with van der Waals surface area (Å²) in [6.07, 6.45) is 3.35. The summed E-state index contributed by atoms with van der Waals surface area (Å²) in [6.45, 7) is 8.24. The van der Waals surface area contributed by atoms with Crippen LogP contribution >= 0.6 is 0 Å². The van der Waals surface area contributed by atoms with Crippen LogP contribution in [0.25, 0.3) is 11.0 Å². The van der Waals surface area contributed by atoms with E-state index >= 15 is 0 Å². The molecule has 2 aromatic carbocycles. The normalized spacial score (nSPS) is 11.0. The van der Waals surface area contributed by atoms with Gasteiger partial charge in [0.1, 0.15) is 11.6 Å². The third-order valence-electron chi connectivity index (χ3n) is 5.18. The molecule has 3 rings (SSSR count). The highest BCUT2D eigenvalue weighted by molar-refractivity contribution is 5.77. The van der Waals surface area contributed by atoms with Crippen molar-refractivity contribution in [2.75, 3.05) is 6.61 Å². The molecular formula is C24H31N3O2. The number of benzene rings is 2. The summed E-state index contributed by atoms with van der Waals surface area (Å²) in [5, 5.41) is 2.99. The van der Waals surface area contributed by atoms with Crippen molar-refractivity contribution in [1.82, 2.24) is 14.9 Å². The molecule has 0 saturated carbocycles. The maximum Gasteiger partial charge on any atom is 0.220 e. The van der Waals surface area contributed by atoms with E-state index in [9.17, 15) is 4.79 Å². The molecule has 1 amide bonds. The van der Waals surface area contributed by atoms with Gasteiger partial charge in [-0.05, 0) is 68.5 Å². The number of para-hydroxylation sites is 2. The highest BCUT2D eigenvalue weighted by Crippen LogP contribution is 2.19. The maximum absolute atomic E-state index is 11.9. The number of ether oxygens (including phenoxy) is 1. The van der Waals surface area contributed by atoms with Gasteiger partial charge in [-0.15, -0.1) is 0 Å². The van der Waals surface area contributed by atoms with Crippen molar-refractivity contribution in [1.29, 1.82) is 0 Å². The van der Waals surface area contributed by atoms with Crippen LogP contribution in [-0.4, -0.2) is 22.1 Å². The first kappa shape index (κ1) is 20.9. The Balaban J connectivity index is 1.57. The molecule has 0 aliphatic carbocycles. The molecule has 0 radical (unpaired) electrons. The zero-order chi connectivity index (χ0) is 20.6. The van der Waals surface area contributed by atoms with Crippen LogP contribution in [0, 0.1) is 13.8 Å². The van der Waals surface area contributed by atoms with Crippen molar-refractivity contribution in [3.8, 4) is 5.75 Å². The van der Waals surface area contributed by atoms with Crippen molar-refractivity contribution in [3.63, 3.8) is 0 Å². The standard InChI is InChI=1S/C24H31N3O2/c1-4-9-24(28)25-17-23-26-21-10-5-6-11-22(21)27(23)14-7-8-15-29-20-13-12-18(2)19(3)16-20/h5-6,10-13,16H,4,7-9,14-15,17H2,1-3H3,(H,25,28). The average molecular weight is 394 g/mol. The van der Waals surface area contributed by atoms with E-state index in [-0.39, 0.29) is 5.91 Å².